The first-order valence-electron chi connectivity index (χ1n) is 4.27. The molecule has 0 bridgehead atoms. The van der Waals surface area contributed by atoms with E-state index in [1.54, 1.807) is 0 Å². The van der Waals surface area contributed by atoms with E-state index in [4.69, 9.17) is 18.9 Å². The van der Waals surface area contributed by atoms with Crippen molar-refractivity contribution in [1.29, 1.82) is 0 Å². The summed E-state index contributed by atoms with van der Waals surface area (Å²) < 4.78 is 20.1. The maximum atomic E-state index is 5.12. The summed E-state index contributed by atoms with van der Waals surface area (Å²) in [5, 5.41) is 4.00. The number of hydrogen-bond donors (Lipinski definition) is 0. The number of ether oxygens (including phenoxy) is 4. The van der Waals surface area contributed by atoms with Crippen molar-refractivity contribution in [2.45, 2.75) is 26.7 Å². The molecule has 0 N–H and O–H groups in total. The van der Waals surface area contributed by atoms with Gasteiger partial charge in [0.2, 0.25) is 12.8 Å². The van der Waals surface area contributed by atoms with Gasteiger partial charge in [-0.05, 0) is 13.8 Å². The Labute approximate surface area is 79.3 Å². The lowest BCUT2D eigenvalue weighted by atomic mass is 10.8. The molecule has 0 heterocycles. The van der Waals surface area contributed by atoms with E-state index in [1.807, 2.05) is 13.8 Å². The lowest BCUT2D eigenvalue weighted by molar-refractivity contribution is -0.223. The molecule has 2 unspecified atom stereocenters. The highest BCUT2D eigenvalue weighted by Gasteiger charge is 2.15. The molecular formula is C8H18NO4. The molecule has 0 aromatic rings. The normalized spacial score (nSPS) is 15.7. The van der Waals surface area contributed by atoms with E-state index >= 15 is 0 Å². The van der Waals surface area contributed by atoms with Gasteiger partial charge in [-0.3, -0.25) is 0 Å². The van der Waals surface area contributed by atoms with Crippen LogP contribution in [0.5, 0.6) is 0 Å². The first-order valence-corrected chi connectivity index (χ1v) is 4.27. The van der Waals surface area contributed by atoms with Gasteiger partial charge in [-0.1, -0.05) is 0 Å². The summed E-state index contributed by atoms with van der Waals surface area (Å²) in [7, 11) is 3.03. The standard InChI is InChI=1S/C8H18NO4/c1-5-12-7(10-3)9-8(11-4)13-6-2/h7-8H,5-6H2,1-4H3. The summed E-state index contributed by atoms with van der Waals surface area (Å²) in [6.07, 6.45) is -1.25. The molecule has 0 rings (SSSR count). The fraction of sp³-hybridized carbons (Fsp3) is 1.00. The molecule has 0 aliphatic carbocycles. The molecule has 0 saturated carbocycles. The third kappa shape index (κ3) is 5.95. The molecule has 13 heavy (non-hydrogen) atoms. The van der Waals surface area contributed by atoms with Gasteiger partial charge in [0.1, 0.15) is 0 Å². The van der Waals surface area contributed by atoms with Crippen LogP contribution in [0.25, 0.3) is 0 Å². The van der Waals surface area contributed by atoms with E-state index < -0.39 is 12.8 Å². The second-order valence-electron chi connectivity index (χ2n) is 2.15. The highest BCUT2D eigenvalue weighted by Crippen LogP contribution is 1.97. The lowest BCUT2D eigenvalue weighted by Crippen LogP contribution is -2.37. The van der Waals surface area contributed by atoms with Gasteiger partial charge in [-0.25, -0.2) is 0 Å². The number of methoxy groups -OCH3 is 2. The summed E-state index contributed by atoms with van der Waals surface area (Å²) in [4.78, 5) is 0. The molecule has 0 spiro atoms. The Balaban J connectivity index is 3.73. The molecule has 0 aromatic heterocycles. The Hall–Kier alpha value is -0.200. The van der Waals surface area contributed by atoms with Crippen LogP contribution in [0, 0.1) is 0 Å². The highest BCUT2D eigenvalue weighted by molar-refractivity contribution is 4.40. The van der Waals surface area contributed by atoms with E-state index in [0.29, 0.717) is 13.2 Å². The van der Waals surface area contributed by atoms with Crippen LogP contribution in [-0.4, -0.2) is 40.3 Å². The Morgan fingerprint density at radius 3 is 1.54 bits per heavy atom. The monoisotopic (exact) mass is 192 g/mol. The van der Waals surface area contributed by atoms with Crippen LogP contribution in [-0.2, 0) is 18.9 Å². The number of hydrogen-bond acceptors (Lipinski definition) is 4. The van der Waals surface area contributed by atoms with E-state index in [9.17, 15) is 0 Å². The second-order valence-corrected chi connectivity index (χ2v) is 2.15. The largest absolute Gasteiger partial charge is 0.342 e. The molecule has 0 fully saturated rings. The molecule has 0 aromatic carbocycles. The highest BCUT2D eigenvalue weighted by atomic mass is 16.7. The van der Waals surface area contributed by atoms with Crippen molar-refractivity contribution in [3.05, 3.63) is 0 Å². The Morgan fingerprint density at radius 2 is 1.31 bits per heavy atom. The van der Waals surface area contributed by atoms with Gasteiger partial charge in [-0.15, -0.1) is 5.32 Å². The van der Waals surface area contributed by atoms with Crippen LogP contribution in [0.15, 0.2) is 0 Å². The zero-order valence-electron chi connectivity index (χ0n) is 8.65. The maximum Gasteiger partial charge on any atom is 0.236 e. The molecule has 5 heteroatoms. The van der Waals surface area contributed by atoms with Crippen molar-refractivity contribution in [1.82, 2.24) is 5.32 Å². The number of rotatable bonds is 8. The zero-order chi connectivity index (χ0) is 10.1. The molecule has 0 saturated heterocycles. The molecule has 79 valence electrons. The van der Waals surface area contributed by atoms with Gasteiger partial charge in [0, 0.05) is 27.4 Å². The predicted molar refractivity (Wildman–Crippen MR) is 47.0 cm³/mol. The lowest BCUT2D eigenvalue weighted by Gasteiger charge is -2.20. The van der Waals surface area contributed by atoms with Crippen LogP contribution in [0.2, 0.25) is 0 Å². The first kappa shape index (κ1) is 12.8. The molecule has 1 radical (unpaired) electrons. The average molecular weight is 192 g/mol. The number of nitrogens with zero attached hydrogens (tertiary/aromatic N) is 1. The topological polar surface area (TPSA) is 51.0 Å². The van der Waals surface area contributed by atoms with Crippen molar-refractivity contribution in [2.24, 2.45) is 0 Å². The summed E-state index contributed by atoms with van der Waals surface area (Å²) >= 11 is 0. The Bertz CT molecular complexity index is 100. The summed E-state index contributed by atoms with van der Waals surface area (Å²) in [5.74, 6) is 0. The minimum Gasteiger partial charge on any atom is -0.342 e. The van der Waals surface area contributed by atoms with Crippen LogP contribution < -0.4 is 5.32 Å². The van der Waals surface area contributed by atoms with Crippen LogP contribution in [0.1, 0.15) is 13.8 Å². The second kappa shape index (κ2) is 8.40. The smallest absolute Gasteiger partial charge is 0.236 e. The van der Waals surface area contributed by atoms with Gasteiger partial charge >= 0.3 is 0 Å². The van der Waals surface area contributed by atoms with Gasteiger partial charge in [0.25, 0.3) is 0 Å². The Kier molecular flexibility index (Phi) is 8.27. The quantitative estimate of drug-likeness (QED) is 0.526. The van der Waals surface area contributed by atoms with E-state index in [-0.39, 0.29) is 0 Å². The fourth-order valence-electron chi connectivity index (χ4n) is 0.728. The fourth-order valence-corrected chi connectivity index (χ4v) is 0.728. The first-order chi connectivity index (χ1) is 6.28. The van der Waals surface area contributed by atoms with Crippen LogP contribution in [0.4, 0.5) is 0 Å². The average Bonchev–Trinajstić information content (AvgIpc) is 2.16. The molecule has 5 nitrogen and oxygen atoms in total. The summed E-state index contributed by atoms with van der Waals surface area (Å²) in [5.41, 5.74) is 0. The van der Waals surface area contributed by atoms with Crippen molar-refractivity contribution < 1.29 is 18.9 Å². The van der Waals surface area contributed by atoms with Gasteiger partial charge < -0.3 is 18.9 Å². The van der Waals surface area contributed by atoms with E-state index in [0.717, 1.165) is 0 Å². The third-order valence-corrected chi connectivity index (χ3v) is 1.27. The van der Waals surface area contributed by atoms with Gasteiger partial charge in [0.05, 0.1) is 0 Å². The molecule has 0 aliphatic heterocycles. The minimum atomic E-state index is -0.624. The Morgan fingerprint density at radius 1 is 0.923 bits per heavy atom. The molecule has 0 amide bonds. The van der Waals surface area contributed by atoms with Crippen LogP contribution in [0.3, 0.4) is 0 Å². The van der Waals surface area contributed by atoms with Crippen molar-refractivity contribution in [2.75, 3.05) is 27.4 Å². The van der Waals surface area contributed by atoms with Crippen molar-refractivity contribution >= 4 is 0 Å². The van der Waals surface area contributed by atoms with Gasteiger partial charge in [0.15, 0.2) is 0 Å². The summed E-state index contributed by atoms with van der Waals surface area (Å²) in [6.45, 7) is 4.79. The van der Waals surface area contributed by atoms with E-state index in [2.05, 4.69) is 5.32 Å². The van der Waals surface area contributed by atoms with Gasteiger partial charge in [-0.2, -0.15) is 0 Å². The molecule has 0 aliphatic rings. The van der Waals surface area contributed by atoms with Crippen molar-refractivity contribution in [3.8, 4) is 0 Å². The predicted octanol–water partition coefficient (Wildman–Crippen LogP) is 0.524. The molecule has 2 atom stereocenters. The molecular weight excluding hydrogens is 174 g/mol. The van der Waals surface area contributed by atoms with Crippen molar-refractivity contribution in [3.63, 3.8) is 0 Å². The maximum absolute atomic E-state index is 5.12. The minimum absolute atomic E-state index is 0.532. The SMILES string of the molecule is CCOC([N]C(OC)OCC)OC. The third-order valence-electron chi connectivity index (χ3n) is 1.27. The summed E-state index contributed by atoms with van der Waals surface area (Å²) in [6, 6.07) is 0. The zero-order valence-corrected chi connectivity index (χ0v) is 8.65. The van der Waals surface area contributed by atoms with Crippen LogP contribution >= 0.6 is 0 Å². The van der Waals surface area contributed by atoms with E-state index in [1.165, 1.54) is 14.2 Å².